The number of anilines is 3. The summed E-state index contributed by atoms with van der Waals surface area (Å²) in [6.45, 7) is 2.02. The molecule has 0 unspecified atom stereocenters. The van der Waals surface area contributed by atoms with E-state index in [1.54, 1.807) is 12.1 Å². The minimum Gasteiger partial charge on any atom is -0.399 e. The van der Waals surface area contributed by atoms with E-state index >= 15 is 0 Å². The van der Waals surface area contributed by atoms with Gasteiger partial charge in [-0.25, -0.2) is 0 Å². The summed E-state index contributed by atoms with van der Waals surface area (Å²) in [6.07, 6.45) is 0. The zero-order chi connectivity index (χ0) is 13.3. The standard InChI is InChI=1S/C13H11BrCl2N2/c1-7-2-3-9(6-10(7)14)18-13-11(15)4-8(17)5-12(13)16/h2-6,18H,17H2,1H3. The summed E-state index contributed by atoms with van der Waals surface area (Å²) in [4.78, 5) is 0. The van der Waals surface area contributed by atoms with Crippen LogP contribution in [-0.4, -0.2) is 0 Å². The molecule has 0 amide bonds. The van der Waals surface area contributed by atoms with Crippen LogP contribution >= 0.6 is 39.1 Å². The summed E-state index contributed by atoms with van der Waals surface area (Å²) < 4.78 is 1.02. The van der Waals surface area contributed by atoms with Crippen LogP contribution < -0.4 is 11.1 Å². The van der Waals surface area contributed by atoms with Crippen LogP contribution in [0.2, 0.25) is 10.0 Å². The highest BCUT2D eigenvalue weighted by molar-refractivity contribution is 9.10. The lowest BCUT2D eigenvalue weighted by molar-refractivity contribution is 1.42. The van der Waals surface area contributed by atoms with Gasteiger partial charge in [0.2, 0.25) is 0 Å². The monoisotopic (exact) mass is 344 g/mol. The van der Waals surface area contributed by atoms with Crippen LogP contribution in [0.1, 0.15) is 5.56 Å². The Morgan fingerprint density at radius 1 is 1.11 bits per heavy atom. The second kappa shape index (κ2) is 5.39. The molecular weight excluding hydrogens is 335 g/mol. The van der Waals surface area contributed by atoms with E-state index in [1.807, 2.05) is 25.1 Å². The molecule has 94 valence electrons. The van der Waals surface area contributed by atoms with Crippen LogP contribution in [0.4, 0.5) is 17.1 Å². The third kappa shape index (κ3) is 2.91. The van der Waals surface area contributed by atoms with E-state index in [-0.39, 0.29) is 0 Å². The van der Waals surface area contributed by atoms with Crippen LogP contribution in [0.5, 0.6) is 0 Å². The van der Waals surface area contributed by atoms with E-state index in [0.29, 0.717) is 21.4 Å². The fourth-order valence-corrected chi connectivity index (χ4v) is 2.50. The molecule has 0 saturated heterocycles. The number of benzene rings is 2. The summed E-state index contributed by atoms with van der Waals surface area (Å²) in [6, 6.07) is 9.27. The SMILES string of the molecule is Cc1ccc(Nc2c(Cl)cc(N)cc2Cl)cc1Br. The first kappa shape index (κ1) is 13.5. The molecule has 0 aromatic heterocycles. The van der Waals surface area contributed by atoms with Crippen molar-refractivity contribution in [2.45, 2.75) is 6.92 Å². The van der Waals surface area contributed by atoms with Crippen molar-refractivity contribution in [1.82, 2.24) is 0 Å². The number of hydrogen-bond donors (Lipinski definition) is 2. The molecule has 18 heavy (non-hydrogen) atoms. The second-order valence-electron chi connectivity index (χ2n) is 3.95. The number of aryl methyl sites for hydroxylation is 1. The molecule has 2 aromatic carbocycles. The molecule has 0 saturated carbocycles. The Hall–Kier alpha value is -0.900. The number of nitrogen functional groups attached to an aromatic ring is 1. The van der Waals surface area contributed by atoms with Gasteiger partial charge in [0.05, 0.1) is 15.7 Å². The van der Waals surface area contributed by atoms with Gasteiger partial charge >= 0.3 is 0 Å². The van der Waals surface area contributed by atoms with Crippen molar-refractivity contribution in [2.75, 3.05) is 11.1 Å². The lowest BCUT2D eigenvalue weighted by Gasteiger charge is -2.12. The molecule has 0 aliphatic carbocycles. The fraction of sp³-hybridized carbons (Fsp3) is 0.0769. The Labute approximate surface area is 124 Å². The van der Waals surface area contributed by atoms with Gasteiger partial charge in [-0.05, 0) is 36.8 Å². The van der Waals surface area contributed by atoms with Gasteiger partial charge < -0.3 is 11.1 Å². The Morgan fingerprint density at radius 3 is 2.28 bits per heavy atom. The van der Waals surface area contributed by atoms with Crippen molar-refractivity contribution in [3.05, 3.63) is 50.4 Å². The molecule has 0 radical (unpaired) electrons. The van der Waals surface area contributed by atoms with E-state index in [4.69, 9.17) is 28.9 Å². The maximum absolute atomic E-state index is 6.12. The minimum absolute atomic E-state index is 0.497. The molecule has 2 aromatic rings. The Balaban J connectivity index is 2.37. The van der Waals surface area contributed by atoms with Gasteiger partial charge in [-0.3, -0.25) is 0 Å². The van der Waals surface area contributed by atoms with Crippen molar-refractivity contribution in [3.63, 3.8) is 0 Å². The summed E-state index contributed by atoms with van der Waals surface area (Å²) in [5, 5.41) is 4.18. The molecule has 5 heteroatoms. The number of hydrogen-bond acceptors (Lipinski definition) is 2. The largest absolute Gasteiger partial charge is 0.399 e. The highest BCUT2D eigenvalue weighted by Gasteiger charge is 2.08. The van der Waals surface area contributed by atoms with Crippen molar-refractivity contribution < 1.29 is 0 Å². The maximum atomic E-state index is 6.12. The van der Waals surface area contributed by atoms with Gasteiger partial charge in [-0.2, -0.15) is 0 Å². The van der Waals surface area contributed by atoms with Crippen LogP contribution in [0.15, 0.2) is 34.8 Å². The normalized spacial score (nSPS) is 10.4. The molecule has 0 bridgehead atoms. The Morgan fingerprint density at radius 2 is 1.72 bits per heavy atom. The summed E-state index contributed by atoms with van der Waals surface area (Å²) in [7, 11) is 0. The van der Waals surface area contributed by atoms with Gasteiger partial charge in [0, 0.05) is 15.8 Å². The van der Waals surface area contributed by atoms with Crippen LogP contribution in [0.25, 0.3) is 0 Å². The lowest BCUT2D eigenvalue weighted by Crippen LogP contribution is -1.95. The van der Waals surface area contributed by atoms with E-state index in [9.17, 15) is 0 Å². The average Bonchev–Trinajstić information content (AvgIpc) is 2.28. The number of halogens is 3. The third-order valence-corrected chi connectivity index (χ3v) is 3.96. The smallest absolute Gasteiger partial charge is 0.0764 e. The van der Waals surface area contributed by atoms with Gasteiger partial charge in [0.1, 0.15) is 0 Å². The third-order valence-electron chi connectivity index (χ3n) is 2.51. The van der Waals surface area contributed by atoms with Gasteiger partial charge in [0.15, 0.2) is 0 Å². The van der Waals surface area contributed by atoms with E-state index in [0.717, 1.165) is 15.7 Å². The van der Waals surface area contributed by atoms with Crippen molar-refractivity contribution in [3.8, 4) is 0 Å². The van der Waals surface area contributed by atoms with Crippen molar-refractivity contribution in [2.24, 2.45) is 0 Å². The first-order valence-corrected chi connectivity index (χ1v) is 6.80. The van der Waals surface area contributed by atoms with Crippen LogP contribution in [0.3, 0.4) is 0 Å². The first-order valence-electron chi connectivity index (χ1n) is 5.25. The predicted molar refractivity (Wildman–Crippen MR) is 83.0 cm³/mol. The summed E-state index contributed by atoms with van der Waals surface area (Å²) in [5.74, 6) is 0. The van der Waals surface area contributed by atoms with Gasteiger partial charge in [-0.15, -0.1) is 0 Å². The molecule has 0 spiro atoms. The molecule has 0 aliphatic heterocycles. The number of nitrogens with one attached hydrogen (secondary N) is 1. The molecule has 3 N–H and O–H groups in total. The number of rotatable bonds is 2. The predicted octanol–water partition coefficient (Wildman–Crippen LogP) is 5.39. The highest BCUT2D eigenvalue weighted by atomic mass is 79.9. The molecule has 0 heterocycles. The zero-order valence-electron chi connectivity index (χ0n) is 9.60. The van der Waals surface area contributed by atoms with E-state index in [2.05, 4.69) is 21.2 Å². The van der Waals surface area contributed by atoms with Crippen molar-refractivity contribution >= 4 is 56.2 Å². The molecule has 0 fully saturated rings. The Kier molecular flexibility index (Phi) is 4.05. The maximum Gasteiger partial charge on any atom is 0.0764 e. The highest BCUT2D eigenvalue weighted by Crippen LogP contribution is 2.35. The van der Waals surface area contributed by atoms with Crippen LogP contribution in [0, 0.1) is 6.92 Å². The minimum atomic E-state index is 0.497. The molecule has 0 atom stereocenters. The zero-order valence-corrected chi connectivity index (χ0v) is 12.7. The topological polar surface area (TPSA) is 38.0 Å². The van der Waals surface area contributed by atoms with Crippen molar-refractivity contribution in [1.29, 1.82) is 0 Å². The molecule has 2 rings (SSSR count). The van der Waals surface area contributed by atoms with Gasteiger partial charge in [0.25, 0.3) is 0 Å². The van der Waals surface area contributed by atoms with Gasteiger partial charge in [-0.1, -0.05) is 45.2 Å². The fourth-order valence-electron chi connectivity index (χ4n) is 1.53. The molecular formula is C13H11BrCl2N2. The molecule has 2 nitrogen and oxygen atoms in total. The van der Waals surface area contributed by atoms with Crippen LogP contribution in [-0.2, 0) is 0 Å². The second-order valence-corrected chi connectivity index (χ2v) is 5.62. The lowest BCUT2D eigenvalue weighted by atomic mass is 10.2. The van der Waals surface area contributed by atoms with E-state index < -0.39 is 0 Å². The number of nitrogens with two attached hydrogens (primary N) is 1. The molecule has 0 aliphatic rings. The summed E-state index contributed by atoms with van der Waals surface area (Å²) >= 11 is 15.7. The average molecular weight is 346 g/mol. The Bertz CT molecular complexity index is 577. The quantitative estimate of drug-likeness (QED) is 0.716. The first-order chi connectivity index (χ1) is 8.47. The van der Waals surface area contributed by atoms with E-state index in [1.165, 1.54) is 0 Å². The summed E-state index contributed by atoms with van der Waals surface area (Å²) in [5.41, 5.74) is 8.93.